The van der Waals surface area contributed by atoms with Gasteiger partial charge >= 0.3 is 0 Å². The molecule has 0 aromatic carbocycles. The minimum atomic E-state index is -0.581. The zero-order valence-corrected chi connectivity index (χ0v) is 11.3. The molecule has 1 fully saturated rings. The standard InChI is InChI=1S/C12H16FN3OS/c1-14-11-10(13)9(3-5-15-11)12(17)16(2)8-4-6-18-7-8/h3,5,8H,4,6-7H2,1-2H3,(H,14,15). The molecule has 0 aliphatic carbocycles. The molecule has 1 amide bonds. The number of aromatic nitrogens is 1. The fourth-order valence-corrected chi connectivity index (χ4v) is 3.23. The number of hydrogen-bond acceptors (Lipinski definition) is 4. The molecule has 1 unspecified atom stereocenters. The fourth-order valence-electron chi connectivity index (χ4n) is 1.97. The third-order valence-electron chi connectivity index (χ3n) is 3.13. The molecule has 1 aromatic rings. The predicted molar refractivity (Wildman–Crippen MR) is 71.6 cm³/mol. The van der Waals surface area contributed by atoms with Gasteiger partial charge in [-0.1, -0.05) is 0 Å². The molecule has 2 rings (SSSR count). The van der Waals surface area contributed by atoms with Crippen LogP contribution in [0.15, 0.2) is 12.3 Å². The van der Waals surface area contributed by atoms with Crippen molar-refractivity contribution < 1.29 is 9.18 Å². The molecule has 1 saturated heterocycles. The van der Waals surface area contributed by atoms with Gasteiger partial charge in [-0.2, -0.15) is 11.8 Å². The molecule has 1 aliphatic heterocycles. The number of rotatable bonds is 3. The van der Waals surface area contributed by atoms with Crippen LogP contribution in [0.3, 0.4) is 0 Å². The molecule has 0 saturated carbocycles. The normalized spacial score (nSPS) is 18.7. The SMILES string of the molecule is CNc1nccc(C(=O)N(C)C2CCSC2)c1F. The van der Waals surface area contributed by atoms with E-state index < -0.39 is 5.82 Å². The van der Waals surface area contributed by atoms with Crippen molar-refractivity contribution >= 4 is 23.5 Å². The molecule has 1 atom stereocenters. The second-order valence-corrected chi connectivity index (χ2v) is 5.35. The highest BCUT2D eigenvalue weighted by molar-refractivity contribution is 7.99. The highest BCUT2D eigenvalue weighted by Gasteiger charge is 2.27. The number of carbonyl (C=O) groups is 1. The van der Waals surface area contributed by atoms with E-state index in [4.69, 9.17) is 0 Å². The topological polar surface area (TPSA) is 45.2 Å². The van der Waals surface area contributed by atoms with E-state index in [0.717, 1.165) is 17.9 Å². The largest absolute Gasteiger partial charge is 0.371 e. The Kier molecular flexibility index (Phi) is 4.06. The molecule has 1 aliphatic rings. The van der Waals surface area contributed by atoms with Crippen molar-refractivity contribution in [1.29, 1.82) is 0 Å². The van der Waals surface area contributed by atoms with Gasteiger partial charge in [-0.05, 0) is 18.2 Å². The van der Waals surface area contributed by atoms with Gasteiger partial charge in [0.05, 0.1) is 5.56 Å². The first-order chi connectivity index (χ1) is 8.65. The van der Waals surface area contributed by atoms with Gasteiger partial charge in [-0.25, -0.2) is 9.37 Å². The van der Waals surface area contributed by atoms with Crippen LogP contribution in [-0.2, 0) is 0 Å². The molecule has 98 valence electrons. The summed E-state index contributed by atoms with van der Waals surface area (Å²) in [6.45, 7) is 0. The van der Waals surface area contributed by atoms with Gasteiger partial charge in [0, 0.05) is 32.1 Å². The molecule has 6 heteroatoms. The number of anilines is 1. The Bertz CT molecular complexity index is 449. The molecule has 4 nitrogen and oxygen atoms in total. The van der Waals surface area contributed by atoms with Crippen LogP contribution in [0, 0.1) is 5.82 Å². The van der Waals surface area contributed by atoms with Gasteiger partial charge in [0.1, 0.15) is 0 Å². The van der Waals surface area contributed by atoms with Crippen LogP contribution >= 0.6 is 11.8 Å². The average molecular weight is 269 g/mol. The Morgan fingerprint density at radius 2 is 2.44 bits per heavy atom. The van der Waals surface area contributed by atoms with Crippen LogP contribution in [0.2, 0.25) is 0 Å². The first-order valence-corrected chi connectivity index (χ1v) is 6.97. The average Bonchev–Trinajstić information content (AvgIpc) is 2.91. The van der Waals surface area contributed by atoms with Crippen molar-refractivity contribution in [2.24, 2.45) is 0 Å². The van der Waals surface area contributed by atoms with Crippen LogP contribution in [0.25, 0.3) is 0 Å². The van der Waals surface area contributed by atoms with Crippen molar-refractivity contribution in [1.82, 2.24) is 9.88 Å². The van der Waals surface area contributed by atoms with Crippen LogP contribution in [0.4, 0.5) is 10.2 Å². The number of nitrogens with one attached hydrogen (secondary N) is 1. The quantitative estimate of drug-likeness (QED) is 0.909. The van der Waals surface area contributed by atoms with E-state index in [-0.39, 0.29) is 23.3 Å². The second-order valence-electron chi connectivity index (χ2n) is 4.20. The Balaban J connectivity index is 2.22. The highest BCUT2D eigenvalue weighted by Crippen LogP contribution is 2.24. The van der Waals surface area contributed by atoms with Gasteiger partial charge in [-0.15, -0.1) is 0 Å². The lowest BCUT2D eigenvalue weighted by Gasteiger charge is -2.24. The van der Waals surface area contributed by atoms with E-state index in [0.29, 0.717) is 0 Å². The molecular formula is C12H16FN3OS. The molecule has 1 N–H and O–H groups in total. The lowest BCUT2D eigenvalue weighted by atomic mass is 10.1. The summed E-state index contributed by atoms with van der Waals surface area (Å²) in [6.07, 6.45) is 2.41. The minimum Gasteiger partial charge on any atom is -0.371 e. The number of pyridine rings is 1. The summed E-state index contributed by atoms with van der Waals surface area (Å²) in [7, 11) is 3.31. The van der Waals surface area contributed by atoms with Gasteiger partial charge in [0.25, 0.3) is 5.91 Å². The highest BCUT2D eigenvalue weighted by atomic mass is 32.2. The van der Waals surface area contributed by atoms with Crippen LogP contribution in [0.5, 0.6) is 0 Å². The van der Waals surface area contributed by atoms with Crippen molar-refractivity contribution in [3.05, 3.63) is 23.6 Å². The van der Waals surface area contributed by atoms with Crippen LogP contribution in [0.1, 0.15) is 16.8 Å². The maximum Gasteiger partial charge on any atom is 0.257 e. The summed E-state index contributed by atoms with van der Waals surface area (Å²) < 4.78 is 14.0. The lowest BCUT2D eigenvalue weighted by molar-refractivity contribution is 0.0743. The molecule has 2 heterocycles. The number of carbonyl (C=O) groups excluding carboxylic acids is 1. The van der Waals surface area contributed by atoms with Crippen molar-refractivity contribution in [3.8, 4) is 0 Å². The van der Waals surface area contributed by atoms with E-state index in [1.807, 2.05) is 11.8 Å². The first-order valence-electron chi connectivity index (χ1n) is 5.82. The molecule has 0 spiro atoms. The van der Waals surface area contributed by atoms with E-state index in [2.05, 4.69) is 10.3 Å². The molecule has 0 radical (unpaired) electrons. The smallest absolute Gasteiger partial charge is 0.257 e. The Hall–Kier alpha value is -1.30. The maximum absolute atomic E-state index is 14.0. The summed E-state index contributed by atoms with van der Waals surface area (Å²) in [5.74, 6) is 1.23. The number of thioether (sulfide) groups is 1. The lowest BCUT2D eigenvalue weighted by Crippen LogP contribution is -2.37. The van der Waals surface area contributed by atoms with Crippen LogP contribution < -0.4 is 5.32 Å². The summed E-state index contributed by atoms with van der Waals surface area (Å²) in [5.41, 5.74) is 0.0775. The zero-order chi connectivity index (χ0) is 13.1. The van der Waals surface area contributed by atoms with Gasteiger partial charge in [0.2, 0.25) is 0 Å². The van der Waals surface area contributed by atoms with Gasteiger partial charge in [-0.3, -0.25) is 4.79 Å². The summed E-state index contributed by atoms with van der Waals surface area (Å²) >= 11 is 1.82. The van der Waals surface area contributed by atoms with Crippen molar-refractivity contribution in [3.63, 3.8) is 0 Å². The molecular weight excluding hydrogens is 253 g/mol. The maximum atomic E-state index is 14.0. The molecule has 0 bridgehead atoms. The predicted octanol–water partition coefficient (Wildman–Crippen LogP) is 1.84. The van der Waals surface area contributed by atoms with Gasteiger partial charge in [0.15, 0.2) is 11.6 Å². The van der Waals surface area contributed by atoms with Crippen LogP contribution in [-0.4, -0.2) is 47.4 Å². The summed E-state index contributed by atoms with van der Waals surface area (Å²) in [5, 5.41) is 2.64. The van der Waals surface area contributed by atoms with Crippen molar-refractivity contribution in [2.45, 2.75) is 12.5 Å². The van der Waals surface area contributed by atoms with Gasteiger partial charge < -0.3 is 10.2 Å². The number of hydrogen-bond donors (Lipinski definition) is 1. The summed E-state index contributed by atoms with van der Waals surface area (Å²) in [6, 6.07) is 1.63. The monoisotopic (exact) mass is 269 g/mol. The first kappa shape index (κ1) is 13.1. The Morgan fingerprint density at radius 1 is 1.67 bits per heavy atom. The number of amides is 1. The molecule has 1 aromatic heterocycles. The fraction of sp³-hybridized carbons (Fsp3) is 0.500. The third-order valence-corrected chi connectivity index (χ3v) is 4.27. The van der Waals surface area contributed by atoms with E-state index >= 15 is 0 Å². The van der Waals surface area contributed by atoms with E-state index in [1.54, 1.807) is 19.0 Å². The zero-order valence-electron chi connectivity index (χ0n) is 10.4. The Labute approximate surface area is 110 Å². The number of nitrogens with zero attached hydrogens (tertiary/aromatic N) is 2. The van der Waals surface area contributed by atoms with Crippen molar-refractivity contribution in [2.75, 3.05) is 30.9 Å². The Morgan fingerprint density at radius 3 is 3.06 bits per heavy atom. The summed E-state index contributed by atoms with van der Waals surface area (Å²) in [4.78, 5) is 17.7. The molecule has 18 heavy (non-hydrogen) atoms. The minimum absolute atomic E-state index is 0.0775. The number of halogens is 1. The van der Waals surface area contributed by atoms with E-state index in [1.165, 1.54) is 12.3 Å². The third kappa shape index (κ3) is 2.43. The second kappa shape index (κ2) is 5.56. The van der Waals surface area contributed by atoms with E-state index in [9.17, 15) is 9.18 Å².